The first-order chi connectivity index (χ1) is 21.0. The molecule has 0 saturated carbocycles. The van der Waals surface area contributed by atoms with Crippen LogP contribution in [0, 0.1) is 0 Å². The van der Waals surface area contributed by atoms with E-state index in [1.807, 2.05) is 73.7 Å². The summed E-state index contributed by atoms with van der Waals surface area (Å²) in [6.45, 7) is 4.09. The summed E-state index contributed by atoms with van der Waals surface area (Å²) in [5.74, 6) is -1.68. The van der Waals surface area contributed by atoms with Crippen LogP contribution in [0.2, 0.25) is 0 Å². The number of anilines is 2. The first-order valence-corrected chi connectivity index (χ1v) is 14.7. The minimum Gasteiger partial charge on any atom is -0.477 e. The summed E-state index contributed by atoms with van der Waals surface area (Å²) in [6.07, 6.45) is 9.04. The van der Waals surface area contributed by atoms with Crippen molar-refractivity contribution in [3.8, 4) is 0 Å². The standard InChI is InChI=1S/C29H30ClN5O2.C2H3F2O2P/c1-2-7-24(30)10-6-11-25-16-17-31-29(32-25)33-26-14-12-23(13-15-26)28(37)35-20-18-34(19-21-35)27(36)22-8-4-3-5-9-22;3-2(4,7)1(5)6/h3-10,12-17H,2,11,18-21H2,1H3,(H,31,32,33);7H2,(H,5,6)/b10-6-,24-7+;. The molecule has 0 radical (unpaired) electrons. The summed E-state index contributed by atoms with van der Waals surface area (Å²) in [5.41, 5.74) is -0.738. The molecule has 1 unspecified atom stereocenters. The Morgan fingerprint density at radius 3 is 2.05 bits per heavy atom. The lowest BCUT2D eigenvalue weighted by Crippen LogP contribution is -2.50. The van der Waals surface area contributed by atoms with E-state index >= 15 is 0 Å². The fraction of sp³-hybridized carbons (Fsp3) is 0.258. The van der Waals surface area contributed by atoms with E-state index in [1.165, 1.54) is 0 Å². The molecule has 2 aromatic carbocycles. The molecule has 0 bridgehead atoms. The first kappa shape index (κ1) is 34.3. The number of amides is 2. The molecule has 3 aromatic rings. The normalized spacial score (nSPS) is 13.7. The van der Waals surface area contributed by atoms with Gasteiger partial charge in [0.15, 0.2) is 0 Å². The van der Waals surface area contributed by atoms with Crippen LogP contribution in [0.25, 0.3) is 0 Å². The summed E-state index contributed by atoms with van der Waals surface area (Å²) in [6, 6.07) is 18.4. The van der Waals surface area contributed by atoms with Crippen LogP contribution in [-0.2, 0) is 11.2 Å². The van der Waals surface area contributed by atoms with Crippen molar-refractivity contribution in [2.45, 2.75) is 25.4 Å². The number of halogens is 3. The molecule has 1 aromatic heterocycles. The van der Waals surface area contributed by atoms with Gasteiger partial charge in [0.1, 0.15) is 0 Å². The predicted octanol–water partition coefficient (Wildman–Crippen LogP) is 5.99. The molecule has 1 aliphatic heterocycles. The number of allylic oxidation sites excluding steroid dienone is 4. The van der Waals surface area contributed by atoms with Crippen molar-refractivity contribution in [1.29, 1.82) is 0 Å². The molecular formula is C31H33ClF2N5O4P. The van der Waals surface area contributed by atoms with Gasteiger partial charge in [-0.05, 0) is 64.2 Å². The number of hydrogen-bond donors (Lipinski definition) is 2. The second kappa shape index (κ2) is 16.6. The van der Waals surface area contributed by atoms with Crippen LogP contribution in [0.3, 0.4) is 0 Å². The SMILES string of the molecule is CC/C=C(Cl)\C=C/Cc1ccnc(Nc2ccc(C(=O)N3CCN(C(=O)c4ccccc4)CC3)cc2)n1.O=C(O)C(F)(F)P. The van der Waals surface area contributed by atoms with Gasteiger partial charge < -0.3 is 20.2 Å². The Morgan fingerprint density at radius 2 is 1.52 bits per heavy atom. The van der Waals surface area contributed by atoms with Crippen LogP contribution in [0.15, 0.2) is 90.1 Å². The number of carbonyl (C=O) groups excluding carboxylic acids is 2. The molecule has 1 atom stereocenters. The minimum absolute atomic E-state index is 0.00238. The molecule has 2 heterocycles. The van der Waals surface area contributed by atoms with Gasteiger partial charge in [-0.15, -0.1) is 0 Å². The lowest BCUT2D eigenvalue weighted by Gasteiger charge is -2.35. The predicted molar refractivity (Wildman–Crippen MR) is 169 cm³/mol. The Labute approximate surface area is 261 Å². The summed E-state index contributed by atoms with van der Waals surface area (Å²) in [4.78, 5) is 47.3. The Morgan fingerprint density at radius 1 is 0.977 bits per heavy atom. The van der Waals surface area contributed by atoms with E-state index in [1.54, 1.807) is 28.1 Å². The highest BCUT2D eigenvalue weighted by Gasteiger charge is 2.31. The monoisotopic (exact) mass is 643 g/mol. The molecule has 2 amide bonds. The number of hydrogen-bond acceptors (Lipinski definition) is 6. The highest BCUT2D eigenvalue weighted by Crippen LogP contribution is 2.21. The maximum Gasteiger partial charge on any atom is 0.378 e. The molecule has 0 spiro atoms. The van der Waals surface area contributed by atoms with Crippen molar-refractivity contribution >= 4 is 50.3 Å². The second-order valence-electron chi connectivity index (χ2n) is 9.56. The zero-order valence-electron chi connectivity index (χ0n) is 24.0. The largest absolute Gasteiger partial charge is 0.477 e. The highest BCUT2D eigenvalue weighted by molar-refractivity contribution is 7.20. The molecule has 1 saturated heterocycles. The van der Waals surface area contributed by atoms with E-state index in [4.69, 9.17) is 16.7 Å². The number of nitrogens with one attached hydrogen (secondary N) is 1. The van der Waals surface area contributed by atoms with Gasteiger partial charge in [0.25, 0.3) is 11.8 Å². The third-order valence-electron chi connectivity index (χ3n) is 6.26. The number of benzene rings is 2. The number of carbonyl (C=O) groups is 3. The van der Waals surface area contributed by atoms with Gasteiger partial charge in [-0.3, -0.25) is 9.59 Å². The zero-order valence-corrected chi connectivity index (χ0v) is 25.9. The molecule has 1 fully saturated rings. The summed E-state index contributed by atoms with van der Waals surface area (Å²) >= 11 is 6.10. The van der Waals surface area contributed by atoms with Crippen molar-refractivity contribution in [3.63, 3.8) is 0 Å². The maximum absolute atomic E-state index is 13.0. The van der Waals surface area contributed by atoms with Gasteiger partial charge in [-0.25, -0.2) is 14.8 Å². The fourth-order valence-electron chi connectivity index (χ4n) is 4.01. The lowest BCUT2D eigenvalue weighted by molar-refractivity contribution is -0.153. The van der Waals surface area contributed by atoms with Crippen molar-refractivity contribution in [2.24, 2.45) is 0 Å². The minimum atomic E-state index is -3.67. The Hall–Kier alpha value is -4.21. The topological polar surface area (TPSA) is 116 Å². The van der Waals surface area contributed by atoms with Gasteiger partial charge in [-0.1, -0.05) is 48.9 Å². The van der Waals surface area contributed by atoms with E-state index in [2.05, 4.69) is 15.3 Å². The van der Waals surface area contributed by atoms with Crippen molar-refractivity contribution < 1.29 is 28.3 Å². The van der Waals surface area contributed by atoms with E-state index in [9.17, 15) is 23.2 Å². The van der Waals surface area contributed by atoms with Crippen molar-refractivity contribution in [2.75, 3.05) is 31.5 Å². The quantitative estimate of drug-likeness (QED) is 0.217. The molecule has 232 valence electrons. The highest BCUT2D eigenvalue weighted by atomic mass is 35.5. The smallest absolute Gasteiger partial charge is 0.378 e. The summed E-state index contributed by atoms with van der Waals surface area (Å²) < 4.78 is 22.4. The number of rotatable bonds is 9. The van der Waals surface area contributed by atoms with Crippen molar-refractivity contribution in [3.05, 3.63) is 107 Å². The molecule has 13 heteroatoms. The summed E-state index contributed by atoms with van der Waals surface area (Å²) in [5, 5.41) is 11.4. The van der Waals surface area contributed by atoms with Crippen molar-refractivity contribution in [1.82, 2.24) is 19.8 Å². The Balaban J connectivity index is 0.000000676. The van der Waals surface area contributed by atoms with Gasteiger partial charge in [-0.2, -0.15) is 8.78 Å². The number of alkyl halides is 2. The maximum atomic E-state index is 13.0. The first-order valence-electron chi connectivity index (χ1n) is 13.7. The molecule has 2 N–H and O–H groups in total. The number of carboxylic acids is 1. The molecule has 0 aliphatic carbocycles. The number of nitrogens with zero attached hydrogens (tertiary/aromatic N) is 4. The Bertz CT molecular complexity index is 1480. The number of carboxylic acid groups (broad SMARTS) is 1. The molecule has 44 heavy (non-hydrogen) atoms. The van der Waals surface area contributed by atoms with E-state index < -0.39 is 11.6 Å². The fourth-order valence-corrected chi connectivity index (χ4v) is 4.25. The lowest BCUT2D eigenvalue weighted by atomic mass is 10.1. The van der Waals surface area contributed by atoms with Crippen LogP contribution in [0.1, 0.15) is 39.8 Å². The van der Waals surface area contributed by atoms with Crippen LogP contribution >= 0.6 is 20.8 Å². The average Bonchev–Trinajstić information content (AvgIpc) is 3.01. The third kappa shape index (κ3) is 10.8. The zero-order chi connectivity index (χ0) is 32.1. The van der Waals surface area contributed by atoms with Gasteiger partial charge in [0.05, 0.1) is 0 Å². The van der Waals surface area contributed by atoms with E-state index in [-0.39, 0.29) is 11.8 Å². The third-order valence-corrected chi connectivity index (χ3v) is 6.79. The van der Waals surface area contributed by atoms with Gasteiger partial charge in [0, 0.05) is 66.3 Å². The van der Waals surface area contributed by atoms with Gasteiger partial charge in [0.2, 0.25) is 5.95 Å². The van der Waals surface area contributed by atoms with Crippen LogP contribution < -0.4 is 5.32 Å². The Kier molecular flexibility index (Phi) is 12.9. The molecule has 9 nitrogen and oxygen atoms in total. The van der Waals surface area contributed by atoms with E-state index in [0.29, 0.717) is 54.7 Å². The molecule has 1 aliphatic rings. The van der Waals surface area contributed by atoms with E-state index in [0.717, 1.165) is 27.0 Å². The number of aromatic nitrogens is 2. The summed E-state index contributed by atoms with van der Waals surface area (Å²) in [7, 11) is 0.898. The number of aliphatic carboxylic acids is 1. The van der Waals surface area contributed by atoms with Crippen LogP contribution in [0.5, 0.6) is 0 Å². The van der Waals surface area contributed by atoms with Crippen LogP contribution in [-0.4, -0.2) is 74.5 Å². The molecule has 4 rings (SSSR count). The molecular weight excluding hydrogens is 611 g/mol. The number of piperazine rings is 1. The van der Waals surface area contributed by atoms with Crippen LogP contribution in [0.4, 0.5) is 20.4 Å². The second-order valence-corrected chi connectivity index (χ2v) is 10.7. The average molecular weight is 644 g/mol. The van der Waals surface area contributed by atoms with Gasteiger partial charge >= 0.3 is 11.6 Å².